The Labute approximate surface area is 106 Å². The topological polar surface area (TPSA) is 72.9 Å². The van der Waals surface area contributed by atoms with Crippen molar-refractivity contribution in [1.29, 1.82) is 0 Å². The highest BCUT2D eigenvalue weighted by atomic mass is 16.7. The van der Waals surface area contributed by atoms with E-state index in [4.69, 9.17) is 4.74 Å². The van der Waals surface area contributed by atoms with E-state index < -0.39 is 17.8 Å². The fourth-order valence-electron chi connectivity index (χ4n) is 1.52. The molecule has 6 heteroatoms. The van der Waals surface area contributed by atoms with Gasteiger partial charge in [-0.15, -0.1) is 5.06 Å². The van der Waals surface area contributed by atoms with E-state index >= 15 is 0 Å². The average molecular weight is 257 g/mol. The summed E-state index contributed by atoms with van der Waals surface area (Å²) in [7, 11) is 0. The fraction of sp³-hybridized carbons (Fsp3) is 0.750. The Morgan fingerprint density at radius 1 is 1.17 bits per heavy atom. The number of unbranched alkanes of at least 4 members (excludes halogenated alkanes) is 2. The van der Waals surface area contributed by atoms with Crippen LogP contribution >= 0.6 is 0 Å². The van der Waals surface area contributed by atoms with Crippen molar-refractivity contribution >= 4 is 17.8 Å². The lowest BCUT2D eigenvalue weighted by Crippen LogP contribution is -2.32. The third-order valence-corrected chi connectivity index (χ3v) is 2.54. The molecule has 102 valence electrons. The molecule has 1 aliphatic heterocycles. The molecule has 0 atom stereocenters. The van der Waals surface area contributed by atoms with Gasteiger partial charge in [0.05, 0.1) is 13.0 Å². The van der Waals surface area contributed by atoms with Gasteiger partial charge in [-0.2, -0.15) is 0 Å². The first-order chi connectivity index (χ1) is 8.65. The zero-order valence-corrected chi connectivity index (χ0v) is 10.6. The van der Waals surface area contributed by atoms with Gasteiger partial charge in [-0.3, -0.25) is 9.59 Å². The maximum absolute atomic E-state index is 11.3. The first kappa shape index (κ1) is 14.6. The SMILES string of the molecule is CCCCCOCCC(=O)ON1C(=O)CCC1=O. The molecule has 1 saturated heterocycles. The van der Waals surface area contributed by atoms with Crippen LogP contribution in [0.5, 0.6) is 0 Å². The summed E-state index contributed by atoms with van der Waals surface area (Å²) in [5.74, 6) is -1.54. The fourth-order valence-corrected chi connectivity index (χ4v) is 1.52. The maximum Gasteiger partial charge on any atom is 0.335 e. The number of hydrogen-bond donors (Lipinski definition) is 0. The molecule has 0 bridgehead atoms. The van der Waals surface area contributed by atoms with E-state index in [9.17, 15) is 14.4 Å². The third-order valence-electron chi connectivity index (χ3n) is 2.54. The predicted octanol–water partition coefficient (Wildman–Crippen LogP) is 1.19. The van der Waals surface area contributed by atoms with Crippen molar-refractivity contribution in [3.05, 3.63) is 0 Å². The molecule has 1 heterocycles. The van der Waals surface area contributed by atoms with Gasteiger partial charge in [0, 0.05) is 19.4 Å². The van der Waals surface area contributed by atoms with Crippen molar-refractivity contribution in [2.45, 2.75) is 45.4 Å². The molecule has 0 spiro atoms. The summed E-state index contributed by atoms with van der Waals surface area (Å²) in [5, 5.41) is 0.555. The second-order valence-corrected chi connectivity index (χ2v) is 4.11. The van der Waals surface area contributed by atoms with Crippen LogP contribution in [0, 0.1) is 0 Å². The van der Waals surface area contributed by atoms with Gasteiger partial charge in [-0.1, -0.05) is 19.8 Å². The normalized spacial score (nSPS) is 15.3. The first-order valence-corrected chi connectivity index (χ1v) is 6.29. The van der Waals surface area contributed by atoms with Crippen LogP contribution in [-0.4, -0.2) is 36.1 Å². The molecule has 0 aliphatic carbocycles. The van der Waals surface area contributed by atoms with Gasteiger partial charge in [0.1, 0.15) is 0 Å². The minimum atomic E-state index is -0.617. The van der Waals surface area contributed by atoms with Gasteiger partial charge in [0.15, 0.2) is 0 Å². The smallest absolute Gasteiger partial charge is 0.335 e. The van der Waals surface area contributed by atoms with Crippen LogP contribution in [0.2, 0.25) is 0 Å². The molecule has 0 unspecified atom stereocenters. The van der Waals surface area contributed by atoms with Gasteiger partial charge in [-0.05, 0) is 6.42 Å². The van der Waals surface area contributed by atoms with Crippen molar-refractivity contribution in [3.63, 3.8) is 0 Å². The van der Waals surface area contributed by atoms with Crippen LogP contribution in [0.1, 0.15) is 45.4 Å². The highest BCUT2D eigenvalue weighted by Gasteiger charge is 2.32. The number of amides is 2. The summed E-state index contributed by atoms with van der Waals surface area (Å²) in [6.07, 6.45) is 3.45. The molecule has 0 N–H and O–H groups in total. The van der Waals surface area contributed by atoms with Crippen molar-refractivity contribution < 1.29 is 24.0 Å². The lowest BCUT2D eigenvalue weighted by molar-refractivity contribution is -0.198. The molecule has 0 aromatic carbocycles. The Morgan fingerprint density at radius 2 is 1.83 bits per heavy atom. The number of carbonyl (C=O) groups is 3. The molecule has 0 aromatic rings. The molecular weight excluding hydrogens is 238 g/mol. The molecule has 1 fully saturated rings. The number of imide groups is 1. The van der Waals surface area contributed by atoms with E-state index in [1.54, 1.807) is 0 Å². The monoisotopic (exact) mass is 257 g/mol. The molecule has 18 heavy (non-hydrogen) atoms. The Kier molecular flexibility index (Phi) is 6.35. The molecule has 2 amide bonds. The van der Waals surface area contributed by atoms with E-state index in [1.807, 2.05) is 0 Å². The highest BCUT2D eigenvalue weighted by molar-refractivity contribution is 6.01. The summed E-state index contributed by atoms with van der Waals surface area (Å²) in [6, 6.07) is 0. The van der Waals surface area contributed by atoms with Gasteiger partial charge < -0.3 is 9.57 Å². The van der Waals surface area contributed by atoms with Gasteiger partial charge in [0.2, 0.25) is 0 Å². The lowest BCUT2D eigenvalue weighted by atomic mass is 10.3. The van der Waals surface area contributed by atoms with Crippen LogP contribution in [0.15, 0.2) is 0 Å². The van der Waals surface area contributed by atoms with Crippen LogP contribution in [0.25, 0.3) is 0 Å². The van der Waals surface area contributed by atoms with E-state index in [1.165, 1.54) is 0 Å². The lowest BCUT2D eigenvalue weighted by Gasteiger charge is -2.12. The quantitative estimate of drug-likeness (QED) is 0.482. The maximum atomic E-state index is 11.3. The summed E-state index contributed by atoms with van der Waals surface area (Å²) in [5.41, 5.74) is 0. The van der Waals surface area contributed by atoms with Crippen molar-refractivity contribution in [2.24, 2.45) is 0 Å². The second kappa shape index (κ2) is 7.81. The molecular formula is C12H19NO5. The summed E-state index contributed by atoms with van der Waals surface area (Å²) >= 11 is 0. The number of hydroxylamine groups is 2. The van der Waals surface area contributed by atoms with Gasteiger partial charge in [-0.25, -0.2) is 4.79 Å². The molecule has 0 saturated carbocycles. The van der Waals surface area contributed by atoms with Crippen LogP contribution in [0.3, 0.4) is 0 Å². The van der Waals surface area contributed by atoms with Crippen LogP contribution in [-0.2, 0) is 24.0 Å². The summed E-state index contributed by atoms with van der Waals surface area (Å²) in [6.45, 7) is 2.96. The zero-order chi connectivity index (χ0) is 13.4. The van der Waals surface area contributed by atoms with Crippen LogP contribution in [0.4, 0.5) is 0 Å². The molecule has 1 rings (SSSR count). The molecule has 6 nitrogen and oxygen atoms in total. The number of ether oxygens (including phenoxy) is 1. The third kappa shape index (κ3) is 4.83. The Hall–Kier alpha value is -1.43. The van der Waals surface area contributed by atoms with Crippen molar-refractivity contribution in [3.8, 4) is 0 Å². The minimum absolute atomic E-state index is 0.0448. The Morgan fingerprint density at radius 3 is 2.44 bits per heavy atom. The Balaban J connectivity index is 2.10. The van der Waals surface area contributed by atoms with E-state index in [0.29, 0.717) is 11.7 Å². The number of carbonyl (C=O) groups excluding carboxylic acids is 3. The first-order valence-electron chi connectivity index (χ1n) is 6.29. The van der Waals surface area contributed by atoms with Gasteiger partial charge in [0.25, 0.3) is 11.8 Å². The number of nitrogens with zero attached hydrogens (tertiary/aromatic N) is 1. The average Bonchev–Trinajstić information content (AvgIpc) is 2.65. The van der Waals surface area contributed by atoms with Gasteiger partial charge >= 0.3 is 5.97 Å². The predicted molar refractivity (Wildman–Crippen MR) is 62.1 cm³/mol. The molecule has 0 aromatic heterocycles. The summed E-state index contributed by atoms with van der Waals surface area (Å²) < 4.78 is 5.24. The zero-order valence-electron chi connectivity index (χ0n) is 10.6. The second-order valence-electron chi connectivity index (χ2n) is 4.11. The number of rotatable bonds is 8. The van der Waals surface area contributed by atoms with E-state index in [2.05, 4.69) is 11.8 Å². The van der Waals surface area contributed by atoms with E-state index in [-0.39, 0.29) is 25.9 Å². The largest absolute Gasteiger partial charge is 0.381 e. The van der Waals surface area contributed by atoms with Crippen molar-refractivity contribution in [1.82, 2.24) is 5.06 Å². The number of hydrogen-bond acceptors (Lipinski definition) is 5. The molecule has 0 radical (unpaired) electrons. The van der Waals surface area contributed by atoms with Crippen molar-refractivity contribution in [2.75, 3.05) is 13.2 Å². The summed E-state index contributed by atoms with van der Waals surface area (Å²) in [4.78, 5) is 38.3. The highest BCUT2D eigenvalue weighted by Crippen LogP contribution is 2.12. The Bertz CT molecular complexity index is 300. The van der Waals surface area contributed by atoms with Crippen LogP contribution < -0.4 is 0 Å². The molecule has 1 aliphatic rings. The minimum Gasteiger partial charge on any atom is -0.381 e. The standard InChI is InChI=1S/C12H19NO5/c1-2-3-4-8-17-9-7-12(16)18-13-10(14)5-6-11(13)15/h2-9H2,1H3. The van der Waals surface area contributed by atoms with E-state index in [0.717, 1.165) is 19.3 Å².